The third kappa shape index (κ3) is 5.86. The summed E-state index contributed by atoms with van der Waals surface area (Å²) in [5.41, 5.74) is 10.9. The lowest BCUT2D eigenvalue weighted by molar-refractivity contribution is 0.394. The van der Waals surface area contributed by atoms with Crippen molar-refractivity contribution in [2.75, 3.05) is 39.1 Å². The molecule has 0 aliphatic heterocycles. The van der Waals surface area contributed by atoms with E-state index in [1.54, 1.807) is 40.7 Å². The topological polar surface area (TPSA) is 92.0 Å². The van der Waals surface area contributed by atoms with Crippen molar-refractivity contribution in [3.8, 4) is 34.1 Å². The predicted molar refractivity (Wildman–Crippen MR) is 158 cm³/mol. The Hall–Kier alpha value is -4.98. The number of anilines is 2. The average Bonchev–Trinajstić information content (AvgIpc) is 3.00. The van der Waals surface area contributed by atoms with Crippen molar-refractivity contribution in [3.05, 3.63) is 96.2 Å². The normalized spacial score (nSPS) is 10.8. The first-order valence-electron chi connectivity index (χ1n) is 12.8. The van der Waals surface area contributed by atoms with E-state index in [1.165, 1.54) is 0 Å². The molecular formula is C32H32N4O4. The largest absolute Gasteiger partial charge is 0.497 e. The SMILES string of the molecule is COc1ccc(CN(Cc2ccc(OC)cc2)c2nc3cc(N)ncc3cc2-c2cc(OC)cc(OC)c2)cc1. The molecule has 0 aliphatic carbocycles. The van der Waals surface area contributed by atoms with Crippen LogP contribution in [0.5, 0.6) is 23.0 Å². The number of nitrogens with zero attached hydrogens (tertiary/aromatic N) is 3. The van der Waals surface area contributed by atoms with E-state index in [4.69, 9.17) is 29.7 Å². The maximum atomic E-state index is 6.06. The molecule has 8 heteroatoms. The second kappa shape index (κ2) is 11.8. The Morgan fingerprint density at radius 2 is 1.18 bits per heavy atom. The van der Waals surface area contributed by atoms with Gasteiger partial charge in [-0.15, -0.1) is 0 Å². The standard InChI is InChI=1S/C32H32N4O4/c1-37-25-9-5-21(6-10-25)19-36(20-22-7-11-26(38-2)12-8-22)32-29(15-24-18-34-31(33)17-30(24)35-32)23-13-27(39-3)16-28(14-23)40-4/h5-18H,19-20H2,1-4H3,(H2,33,34). The molecule has 0 fully saturated rings. The summed E-state index contributed by atoms with van der Waals surface area (Å²) in [4.78, 5) is 11.7. The van der Waals surface area contributed by atoms with Crippen LogP contribution < -0.4 is 29.6 Å². The number of rotatable bonds is 10. The molecule has 5 aromatic rings. The number of benzene rings is 3. The lowest BCUT2D eigenvalue weighted by Gasteiger charge is -2.27. The van der Waals surface area contributed by atoms with E-state index in [1.807, 2.05) is 42.5 Å². The molecule has 2 N–H and O–H groups in total. The smallest absolute Gasteiger partial charge is 0.137 e. The first-order chi connectivity index (χ1) is 19.5. The van der Waals surface area contributed by atoms with Gasteiger partial charge in [-0.2, -0.15) is 0 Å². The predicted octanol–water partition coefficient (Wildman–Crippen LogP) is 6.12. The van der Waals surface area contributed by atoms with Crippen LogP contribution in [-0.4, -0.2) is 38.4 Å². The van der Waals surface area contributed by atoms with Crippen molar-refractivity contribution in [2.24, 2.45) is 0 Å². The molecule has 0 bridgehead atoms. The quantitative estimate of drug-likeness (QED) is 0.228. The van der Waals surface area contributed by atoms with Crippen LogP contribution in [0.4, 0.5) is 11.6 Å². The molecule has 0 atom stereocenters. The number of methoxy groups -OCH3 is 4. The van der Waals surface area contributed by atoms with Gasteiger partial charge in [0.2, 0.25) is 0 Å². The second-order valence-electron chi connectivity index (χ2n) is 9.31. The first kappa shape index (κ1) is 26.6. The lowest BCUT2D eigenvalue weighted by atomic mass is 10.0. The minimum atomic E-state index is 0.415. The van der Waals surface area contributed by atoms with E-state index in [-0.39, 0.29) is 0 Å². The third-order valence-electron chi connectivity index (χ3n) is 6.73. The van der Waals surface area contributed by atoms with Crippen LogP contribution in [0.15, 0.2) is 85.1 Å². The number of hydrogen-bond donors (Lipinski definition) is 1. The Bertz CT molecular complexity index is 1530. The molecule has 0 aliphatic rings. The number of pyridine rings is 2. The summed E-state index contributed by atoms with van der Waals surface area (Å²) >= 11 is 0. The first-order valence-corrected chi connectivity index (χ1v) is 12.8. The van der Waals surface area contributed by atoms with Gasteiger partial charge in [0.15, 0.2) is 0 Å². The fourth-order valence-electron chi connectivity index (χ4n) is 4.60. The number of hydrogen-bond acceptors (Lipinski definition) is 8. The van der Waals surface area contributed by atoms with Crippen LogP contribution in [0.2, 0.25) is 0 Å². The van der Waals surface area contributed by atoms with Crippen molar-refractivity contribution in [3.63, 3.8) is 0 Å². The highest BCUT2D eigenvalue weighted by molar-refractivity contribution is 5.90. The van der Waals surface area contributed by atoms with Crippen LogP contribution >= 0.6 is 0 Å². The van der Waals surface area contributed by atoms with Crippen LogP contribution in [-0.2, 0) is 13.1 Å². The van der Waals surface area contributed by atoms with E-state index in [0.717, 1.165) is 50.5 Å². The molecular weight excluding hydrogens is 504 g/mol. The van der Waals surface area contributed by atoms with E-state index in [2.05, 4.69) is 40.2 Å². The van der Waals surface area contributed by atoms with Gasteiger partial charge >= 0.3 is 0 Å². The Morgan fingerprint density at radius 3 is 1.68 bits per heavy atom. The van der Waals surface area contributed by atoms with Gasteiger partial charge in [-0.3, -0.25) is 0 Å². The van der Waals surface area contributed by atoms with Crippen molar-refractivity contribution in [1.82, 2.24) is 9.97 Å². The maximum absolute atomic E-state index is 6.06. The molecule has 0 spiro atoms. The van der Waals surface area contributed by atoms with Crippen molar-refractivity contribution in [1.29, 1.82) is 0 Å². The van der Waals surface area contributed by atoms with E-state index >= 15 is 0 Å². The van der Waals surface area contributed by atoms with Gasteiger partial charge in [0.25, 0.3) is 0 Å². The second-order valence-corrected chi connectivity index (χ2v) is 9.31. The van der Waals surface area contributed by atoms with Crippen molar-refractivity contribution in [2.45, 2.75) is 13.1 Å². The zero-order valence-electron chi connectivity index (χ0n) is 23.0. The van der Waals surface area contributed by atoms with Crippen LogP contribution in [0.1, 0.15) is 11.1 Å². The summed E-state index contributed by atoms with van der Waals surface area (Å²) in [6, 6.07) is 25.8. The van der Waals surface area contributed by atoms with Crippen LogP contribution in [0.25, 0.3) is 22.0 Å². The maximum Gasteiger partial charge on any atom is 0.137 e. The van der Waals surface area contributed by atoms with Gasteiger partial charge in [-0.25, -0.2) is 9.97 Å². The van der Waals surface area contributed by atoms with Crippen LogP contribution in [0, 0.1) is 0 Å². The Labute approximate surface area is 233 Å². The Morgan fingerprint density at radius 1 is 0.650 bits per heavy atom. The average molecular weight is 537 g/mol. The van der Waals surface area contributed by atoms with Gasteiger partial charge < -0.3 is 29.6 Å². The third-order valence-corrected chi connectivity index (χ3v) is 6.73. The Kier molecular flexibility index (Phi) is 7.87. The van der Waals surface area contributed by atoms with Crippen molar-refractivity contribution < 1.29 is 18.9 Å². The molecule has 2 aromatic heterocycles. The van der Waals surface area contributed by atoms with E-state index < -0.39 is 0 Å². The van der Waals surface area contributed by atoms with Crippen LogP contribution in [0.3, 0.4) is 0 Å². The van der Waals surface area contributed by atoms with Gasteiger partial charge in [-0.05, 0) is 59.2 Å². The number of ether oxygens (including phenoxy) is 4. The highest BCUT2D eigenvalue weighted by Gasteiger charge is 2.19. The minimum Gasteiger partial charge on any atom is -0.497 e. The van der Waals surface area contributed by atoms with E-state index in [0.29, 0.717) is 30.4 Å². The molecule has 0 saturated carbocycles. The zero-order chi connectivity index (χ0) is 28.1. The summed E-state index contributed by atoms with van der Waals surface area (Å²) in [5, 5.41) is 0.878. The van der Waals surface area contributed by atoms with Gasteiger partial charge in [-0.1, -0.05) is 24.3 Å². The summed E-state index contributed by atoms with van der Waals surface area (Å²) in [6.07, 6.45) is 1.75. The highest BCUT2D eigenvalue weighted by atomic mass is 16.5. The fourth-order valence-corrected chi connectivity index (χ4v) is 4.60. The molecule has 2 heterocycles. The fraction of sp³-hybridized carbons (Fsp3) is 0.188. The lowest BCUT2D eigenvalue weighted by Crippen LogP contribution is -2.24. The molecule has 0 saturated heterocycles. The molecule has 3 aromatic carbocycles. The number of nitrogens with two attached hydrogens (primary N) is 1. The molecule has 5 rings (SSSR count). The van der Waals surface area contributed by atoms with E-state index in [9.17, 15) is 0 Å². The zero-order valence-corrected chi connectivity index (χ0v) is 23.0. The monoisotopic (exact) mass is 536 g/mol. The number of fused-ring (bicyclic) bond motifs is 1. The van der Waals surface area contributed by atoms with Gasteiger partial charge in [0, 0.05) is 42.4 Å². The summed E-state index contributed by atoms with van der Waals surface area (Å²) in [6.45, 7) is 1.20. The number of aromatic nitrogens is 2. The Balaban J connectivity index is 1.69. The minimum absolute atomic E-state index is 0.415. The molecule has 0 unspecified atom stereocenters. The molecule has 8 nitrogen and oxygen atoms in total. The molecule has 0 amide bonds. The molecule has 0 radical (unpaired) electrons. The van der Waals surface area contributed by atoms with Gasteiger partial charge in [0.05, 0.1) is 34.0 Å². The summed E-state index contributed by atoms with van der Waals surface area (Å²) in [7, 11) is 6.62. The summed E-state index contributed by atoms with van der Waals surface area (Å²) in [5.74, 6) is 4.20. The van der Waals surface area contributed by atoms with Crippen molar-refractivity contribution >= 4 is 22.5 Å². The highest BCUT2D eigenvalue weighted by Crippen LogP contribution is 2.38. The molecule has 204 valence electrons. The summed E-state index contributed by atoms with van der Waals surface area (Å²) < 4.78 is 21.9. The molecule has 40 heavy (non-hydrogen) atoms. The number of nitrogen functional groups attached to an aromatic ring is 1. The van der Waals surface area contributed by atoms with Gasteiger partial charge in [0.1, 0.15) is 34.6 Å².